The highest BCUT2D eigenvalue weighted by atomic mass is 32.2. The van der Waals surface area contributed by atoms with E-state index >= 15 is 0 Å². The summed E-state index contributed by atoms with van der Waals surface area (Å²) in [5.41, 5.74) is 9.04. The molecular weight excluding hydrogens is 344 g/mol. The Labute approximate surface area is 146 Å². The van der Waals surface area contributed by atoms with E-state index in [0.29, 0.717) is 4.21 Å². The highest BCUT2D eigenvalue weighted by molar-refractivity contribution is 7.91. The van der Waals surface area contributed by atoms with Gasteiger partial charge in [-0.2, -0.15) is 0 Å². The molecule has 0 aliphatic rings. The zero-order valence-corrected chi connectivity index (χ0v) is 15.6. The van der Waals surface area contributed by atoms with Crippen molar-refractivity contribution in [3.63, 3.8) is 0 Å². The van der Waals surface area contributed by atoms with Crippen LogP contribution in [0.2, 0.25) is 0 Å². The monoisotopic (exact) mass is 366 g/mol. The fourth-order valence-corrected chi connectivity index (χ4v) is 4.34. The number of hydrogen-bond donors (Lipinski definition) is 3. The molecule has 0 radical (unpaired) electrons. The van der Waals surface area contributed by atoms with E-state index in [1.54, 1.807) is 12.1 Å². The van der Waals surface area contributed by atoms with Crippen LogP contribution in [0.1, 0.15) is 16.0 Å². The maximum atomic E-state index is 12.1. The molecule has 8 heteroatoms. The number of anilines is 1. The summed E-state index contributed by atoms with van der Waals surface area (Å²) < 4.78 is 26.9. The van der Waals surface area contributed by atoms with Crippen LogP contribution >= 0.6 is 11.3 Å². The standard InChI is InChI=1S/C16H22N4O2S2/c1-11-4-6-14(10-12(11)2)20-16(17)18-8-9-19-24(21,22)15-7-5-13(3)23-15/h4-7,10,19H,8-9H2,1-3H3,(H3,17,18,20). The number of rotatable bonds is 6. The van der Waals surface area contributed by atoms with E-state index in [1.807, 2.05) is 39.0 Å². The van der Waals surface area contributed by atoms with E-state index in [-0.39, 0.29) is 19.0 Å². The maximum absolute atomic E-state index is 12.1. The average Bonchev–Trinajstić information content (AvgIpc) is 2.95. The van der Waals surface area contributed by atoms with Crippen molar-refractivity contribution in [2.45, 2.75) is 25.0 Å². The minimum Gasteiger partial charge on any atom is -0.370 e. The number of aliphatic imine (C=N–C) groups is 1. The molecule has 4 N–H and O–H groups in total. The summed E-state index contributed by atoms with van der Waals surface area (Å²) in [4.78, 5) is 5.09. The van der Waals surface area contributed by atoms with Gasteiger partial charge in [-0.3, -0.25) is 4.99 Å². The fourth-order valence-electron chi connectivity index (χ4n) is 1.99. The van der Waals surface area contributed by atoms with Crippen molar-refractivity contribution in [2.24, 2.45) is 10.7 Å². The predicted molar refractivity (Wildman–Crippen MR) is 100 cm³/mol. The second kappa shape index (κ2) is 7.78. The molecule has 0 spiro atoms. The molecule has 0 aliphatic carbocycles. The first-order valence-electron chi connectivity index (χ1n) is 7.48. The molecule has 0 amide bonds. The number of thiophene rings is 1. The van der Waals surface area contributed by atoms with Crippen molar-refractivity contribution in [2.75, 3.05) is 18.4 Å². The second-order valence-corrected chi connectivity index (χ2v) is 8.74. The summed E-state index contributed by atoms with van der Waals surface area (Å²) in [6.45, 7) is 6.38. The zero-order valence-electron chi connectivity index (χ0n) is 14.0. The van der Waals surface area contributed by atoms with E-state index in [2.05, 4.69) is 15.0 Å². The zero-order chi connectivity index (χ0) is 17.7. The topological polar surface area (TPSA) is 96.6 Å². The van der Waals surface area contributed by atoms with Gasteiger partial charge >= 0.3 is 0 Å². The number of nitrogens with one attached hydrogen (secondary N) is 2. The smallest absolute Gasteiger partial charge is 0.250 e. The quantitative estimate of drug-likeness (QED) is 0.415. The van der Waals surface area contributed by atoms with Gasteiger partial charge in [-0.25, -0.2) is 13.1 Å². The maximum Gasteiger partial charge on any atom is 0.250 e. The Morgan fingerprint density at radius 2 is 1.92 bits per heavy atom. The minimum atomic E-state index is -3.47. The number of nitrogens with two attached hydrogens (primary N) is 1. The first kappa shape index (κ1) is 18.4. The lowest BCUT2D eigenvalue weighted by molar-refractivity contribution is 0.584. The van der Waals surface area contributed by atoms with Crippen LogP contribution < -0.4 is 15.8 Å². The van der Waals surface area contributed by atoms with Crippen molar-refractivity contribution in [1.82, 2.24) is 4.72 Å². The third-order valence-electron chi connectivity index (χ3n) is 3.45. The van der Waals surface area contributed by atoms with E-state index in [4.69, 9.17) is 5.73 Å². The molecule has 1 heterocycles. The van der Waals surface area contributed by atoms with Crippen molar-refractivity contribution in [3.8, 4) is 0 Å². The van der Waals surface area contributed by atoms with Crippen molar-refractivity contribution in [3.05, 3.63) is 46.3 Å². The number of benzene rings is 1. The molecule has 6 nitrogen and oxygen atoms in total. The number of sulfonamides is 1. The van der Waals surface area contributed by atoms with Crippen LogP contribution in [0, 0.1) is 20.8 Å². The minimum absolute atomic E-state index is 0.189. The third-order valence-corrected chi connectivity index (χ3v) is 6.40. The summed E-state index contributed by atoms with van der Waals surface area (Å²) in [5, 5.41) is 3.00. The molecule has 2 rings (SSSR count). The first-order chi connectivity index (χ1) is 11.3. The van der Waals surface area contributed by atoms with Gasteiger partial charge in [-0.1, -0.05) is 6.07 Å². The second-order valence-electron chi connectivity index (χ2n) is 5.45. The van der Waals surface area contributed by atoms with Gasteiger partial charge in [-0.15, -0.1) is 11.3 Å². The van der Waals surface area contributed by atoms with Gasteiger partial charge in [0.25, 0.3) is 0 Å². The van der Waals surface area contributed by atoms with Crippen LogP contribution in [-0.4, -0.2) is 27.5 Å². The van der Waals surface area contributed by atoms with Crippen molar-refractivity contribution in [1.29, 1.82) is 0 Å². The Morgan fingerprint density at radius 1 is 1.17 bits per heavy atom. The highest BCUT2D eigenvalue weighted by Crippen LogP contribution is 2.20. The van der Waals surface area contributed by atoms with Crippen LogP contribution in [-0.2, 0) is 10.0 Å². The third kappa shape index (κ3) is 5.05. The Balaban J connectivity index is 1.86. The van der Waals surface area contributed by atoms with Gasteiger partial charge in [0.05, 0.1) is 6.54 Å². The van der Waals surface area contributed by atoms with Gasteiger partial charge in [-0.05, 0) is 56.2 Å². The molecule has 0 fully saturated rings. The summed E-state index contributed by atoms with van der Waals surface area (Å²) in [6.07, 6.45) is 0. The van der Waals surface area contributed by atoms with E-state index in [0.717, 1.165) is 16.1 Å². The van der Waals surface area contributed by atoms with E-state index in [1.165, 1.54) is 16.9 Å². The summed E-state index contributed by atoms with van der Waals surface area (Å²) in [6, 6.07) is 9.29. The Kier molecular flexibility index (Phi) is 5.98. The lowest BCUT2D eigenvalue weighted by Crippen LogP contribution is -2.28. The van der Waals surface area contributed by atoms with Crippen LogP contribution in [0.15, 0.2) is 39.5 Å². The van der Waals surface area contributed by atoms with E-state index in [9.17, 15) is 8.42 Å². The Hall–Kier alpha value is -1.90. The number of nitrogens with zero attached hydrogens (tertiary/aromatic N) is 1. The van der Waals surface area contributed by atoms with Crippen LogP contribution in [0.3, 0.4) is 0 Å². The Morgan fingerprint density at radius 3 is 2.54 bits per heavy atom. The molecule has 0 atom stereocenters. The van der Waals surface area contributed by atoms with Crippen LogP contribution in [0.5, 0.6) is 0 Å². The number of hydrogen-bond acceptors (Lipinski definition) is 4. The molecule has 0 saturated carbocycles. The summed E-state index contributed by atoms with van der Waals surface area (Å²) >= 11 is 1.24. The predicted octanol–water partition coefficient (Wildman–Crippen LogP) is 2.38. The molecule has 1 aromatic heterocycles. The molecule has 1 aromatic carbocycles. The molecular formula is C16H22N4O2S2. The summed E-state index contributed by atoms with van der Waals surface area (Å²) in [5.74, 6) is 0.254. The highest BCUT2D eigenvalue weighted by Gasteiger charge is 2.14. The van der Waals surface area contributed by atoms with Gasteiger partial charge in [0.2, 0.25) is 10.0 Å². The lowest BCUT2D eigenvalue weighted by atomic mass is 10.1. The molecule has 0 bridgehead atoms. The Bertz CT molecular complexity index is 842. The molecule has 0 aliphatic heterocycles. The largest absolute Gasteiger partial charge is 0.370 e. The van der Waals surface area contributed by atoms with Crippen LogP contribution in [0.4, 0.5) is 5.69 Å². The SMILES string of the molecule is Cc1ccc(S(=O)(=O)NCCN=C(N)Nc2ccc(C)c(C)c2)s1. The summed E-state index contributed by atoms with van der Waals surface area (Å²) in [7, 11) is -3.47. The molecule has 24 heavy (non-hydrogen) atoms. The normalized spacial score (nSPS) is 12.4. The van der Waals surface area contributed by atoms with Crippen LogP contribution in [0.25, 0.3) is 0 Å². The van der Waals surface area contributed by atoms with Crippen molar-refractivity contribution < 1.29 is 8.42 Å². The molecule has 0 saturated heterocycles. The number of guanidine groups is 1. The van der Waals surface area contributed by atoms with Gasteiger partial charge in [0.1, 0.15) is 4.21 Å². The molecule has 2 aromatic rings. The fraction of sp³-hybridized carbons (Fsp3) is 0.312. The van der Waals surface area contributed by atoms with Crippen molar-refractivity contribution >= 4 is 33.0 Å². The molecule has 0 unspecified atom stereocenters. The molecule has 130 valence electrons. The van der Waals surface area contributed by atoms with Gasteiger partial charge in [0.15, 0.2) is 5.96 Å². The van der Waals surface area contributed by atoms with Gasteiger partial charge < -0.3 is 11.1 Å². The first-order valence-corrected chi connectivity index (χ1v) is 9.78. The van der Waals surface area contributed by atoms with E-state index < -0.39 is 10.0 Å². The lowest BCUT2D eigenvalue weighted by Gasteiger charge is -2.08. The average molecular weight is 367 g/mol. The van der Waals surface area contributed by atoms with Gasteiger partial charge in [0, 0.05) is 17.1 Å². The number of aryl methyl sites for hydroxylation is 3.